The van der Waals surface area contributed by atoms with Gasteiger partial charge in [-0.3, -0.25) is 4.79 Å². The standard InChI is InChI=1S/C21H30N2O5S3/c1-6-7-8-28-21(25)22-31(26,27)20-19(11-17(30-20)9-14(2)3)16-10-18(29-13-16)12-23(5)15(4)24/h10-11,13-14H,6-9,12H2,1-5H3,(H,22,25). The summed E-state index contributed by atoms with van der Waals surface area (Å²) in [6.45, 7) is 8.21. The second-order valence-electron chi connectivity index (χ2n) is 7.78. The van der Waals surface area contributed by atoms with E-state index in [-0.39, 0.29) is 16.7 Å². The van der Waals surface area contributed by atoms with E-state index in [1.54, 1.807) is 11.9 Å². The first-order valence-corrected chi connectivity index (χ1v) is 13.3. The molecule has 0 aromatic carbocycles. The first-order valence-electron chi connectivity index (χ1n) is 10.1. The Labute approximate surface area is 192 Å². The van der Waals surface area contributed by atoms with Crippen molar-refractivity contribution in [2.75, 3.05) is 13.7 Å². The Morgan fingerprint density at radius 3 is 2.55 bits per heavy atom. The molecule has 0 atom stereocenters. The molecule has 2 rings (SSSR count). The molecule has 2 amide bonds. The Hall–Kier alpha value is -1.91. The molecule has 2 aromatic rings. The van der Waals surface area contributed by atoms with Crippen molar-refractivity contribution in [1.29, 1.82) is 0 Å². The van der Waals surface area contributed by atoms with Crippen LogP contribution in [0.4, 0.5) is 4.79 Å². The number of unbranched alkanes of at least 4 members (excludes halogenated alkanes) is 1. The summed E-state index contributed by atoms with van der Waals surface area (Å²) >= 11 is 2.63. The van der Waals surface area contributed by atoms with E-state index >= 15 is 0 Å². The van der Waals surface area contributed by atoms with Crippen LogP contribution in [0, 0.1) is 5.92 Å². The number of amides is 2. The normalized spacial score (nSPS) is 11.5. The van der Waals surface area contributed by atoms with Gasteiger partial charge in [-0.25, -0.2) is 17.9 Å². The smallest absolute Gasteiger partial charge is 0.421 e. The first-order chi connectivity index (χ1) is 14.5. The third-order valence-corrected chi connectivity index (χ3v) is 8.37. The van der Waals surface area contributed by atoms with Crippen LogP contribution in [0.2, 0.25) is 0 Å². The number of carbonyl (C=O) groups excluding carboxylic acids is 2. The maximum Gasteiger partial charge on any atom is 0.421 e. The van der Waals surface area contributed by atoms with Crippen LogP contribution < -0.4 is 4.72 Å². The molecule has 0 saturated heterocycles. The first kappa shape index (κ1) is 25.4. The number of hydrogen-bond donors (Lipinski definition) is 1. The minimum Gasteiger partial charge on any atom is -0.449 e. The summed E-state index contributed by atoms with van der Waals surface area (Å²) in [5, 5.41) is 1.88. The van der Waals surface area contributed by atoms with Crippen LogP contribution in [-0.2, 0) is 32.5 Å². The van der Waals surface area contributed by atoms with E-state index in [0.29, 0.717) is 24.4 Å². The van der Waals surface area contributed by atoms with Gasteiger partial charge in [0, 0.05) is 29.3 Å². The molecule has 2 aromatic heterocycles. The maximum absolute atomic E-state index is 13.0. The van der Waals surface area contributed by atoms with Gasteiger partial charge in [-0.2, -0.15) is 0 Å². The van der Waals surface area contributed by atoms with Gasteiger partial charge in [0.15, 0.2) is 0 Å². The molecule has 172 valence electrons. The van der Waals surface area contributed by atoms with E-state index in [9.17, 15) is 18.0 Å². The van der Waals surface area contributed by atoms with Gasteiger partial charge in [-0.15, -0.1) is 22.7 Å². The van der Waals surface area contributed by atoms with Crippen molar-refractivity contribution in [3.8, 4) is 11.1 Å². The molecule has 0 unspecified atom stereocenters. The monoisotopic (exact) mass is 486 g/mol. The zero-order valence-corrected chi connectivity index (χ0v) is 21.0. The number of nitrogens with zero attached hydrogens (tertiary/aromatic N) is 1. The zero-order valence-electron chi connectivity index (χ0n) is 18.6. The highest BCUT2D eigenvalue weighted by Crippen LogP contribution is 2.38. The van der Waals surface area contributed by atoms with Crippen molar-refractivity contribution < 1.29 is 22.7 Å². The SMILES string of the molecule is CCCCOC(=O)NS(=O)(=O)c1sc(CC(C)C)cc1-c1csc(CN(C)C(C)=O)c1. The van der Waals surface area contributed by atoms with Gasteiger partial charge >= 0.3 is 6.09 Å². The fourth-order valence-corrected chi connectivity index (χ4v) is 6.55. The van der Waals surface area contributed by atoms with Crippen molar-refractivity contribution in [2.24, 2.45) is 5.92 Å². The lowest BCUT2D eigenvalue weighted by Crippen LogP contribution is -2.31. The molecular formula is C21H30N2O5S3. The Kier molecular flexibility index (Phi) is 9.08. The fraction of sp³-hybridized carbons (Fsp3) is 0.524. The van der Waals surface area contributed by atoms with Gasteiger partial charge in [-0.1, -0.05) is 27.2 Å². The van der Waals surface area contributed by atoms with E-state index in [2.05, 4.69) is 13.8 Å². The third kappa shape index (κ3) is 7.33. The highest BCUT2D eigenvalue weighted by molar-refractivity contribution is 7.92. The highest BCUT2D eigenvalue weighted by atomic mass is 32.2. The third-order valence-electron chi connectivity index (χ3n) is 4.45. The Morgan fingerprint density at radius 2 is 1.94 bits per heavy atom. The van der Waals surface area contributed by atoms with Crippen molar-refractivity contribution in [3.63, 3.8) is 0 Å². The molecule has 0 radical (unpaired) electrons. The summed E-state index contributed by atoms with van der Waals surface area (Å²) in [6.07, 6.45) is 1.28. The molecule has 2 heterocycles. The van der Waals surface area contributed by atoms with Crippen molar-refractivity contribution in [2.45, 2.75) is 57.7 Å². The molecule has 0 bridgehead atoms. The summed E-state index contributed by atoms with van der Waals surface area (Å²) in [6, 6.07) is 3.77. The number of hydrogen-bond acceptors (Lipinski definition) is 7. The van der Waals surface area contributed by atoms with Crippen molar-refractivity contribution >= 4 is 44.7 Å². The predicted molar refractivity (Wildman–Crippen MR) is 125 cm³/mol. The number of nitrogens with one attached hydrogen (secondary N) is 1. The molecule has 31 heavy (non-hydrogen) atoms. The van der Waals surface area contributed by atoms with E-state index in [4.69, 9.17) is 4.74 Å². The largest absolute Gasteiger partial charge is 0.449 e. The zero-order chi connectivity index (χ0) is 23.2. The van der Waals surface area contributed by atoms with Crippen LogP contribution in [-0.4, -0.2) is 39.0 Å². The molecule has 1 N–H and O–H groups in total. The van der Waals surface area contributed by atoms with Gasteiger partial charge in [0.25, 0.3) is 10.0 Å². The second-order valence-corrected chi connectivity index (χ2v) is 11.8. The van der Waals surface area contributed by atoms with Gasteiger partial charge in [-0.05, 0) is 41.8 Å². The number of sulfonamides is 1. The van der Waals surface area contributed by atoms with E-state index in [0.717, 1.165) is 28.2 Å². The Bertz CT molecular complexity index is 1010. The fourth-order valence-electron chi connectivity index (χ4n) is 2.77. The molecule has 0 aliphatic heterocycles. The van der Waals surface area contributed by atoms with Crippen LogP contribution in [0.25, 0.3) is 11.1 Å². The average Bonchev–Trinajstić information content (AvgIpc) is 3.28. The van der Waals surface area contributed by atoms with Gasteiger partial charge in [0.2, 0.25) is 5.91 Å². The van der Waals surface area contributed by atoms with Crippen LogP contribution >= 0.6 is 22.7 Å². The van der Waals surface area contributed by atoms with Crippen LogP contribution in [0.3, 0.4) is 0 Å². The molecule has 0 spiro atoms. The molecule has 0 saturated carbocycles. The lowest BCUT2D eigenvalue weighted by atomic mass is 10.1. The average molecular weight is 487 g/mol. The molecule has 10 heteroatoms. The lowest BCUT2D eigenvalue weighted by molar-refractivity contribution is -0.128. The topological polar surface area (TPSA) is 92.8 Å². The van der Waals surface area contributed by atoms with Crippen LogP contribution in [0.15, 0.2) is 21.7 Å². The number of thiophene rings is 2. The molecular weight excluding hydrogens is 456 g/mol. The van der Waals surface area contributed by atoms with Gasteiger partial charge < -0.3 is 9.64 Å². The minimum atomic E-state index is -4.08. The van der Waals surface area contributed by atoms with E-state index < -0.39 is 16.1 Å². The molecule has 0 aliphatic rings. The predicted octanol–water partition coefficient (Wildman–Crippen LogP) is 4.87. The summed E-state index contributed by atoms with van der Waals surface area (Å²) in [5.41, 5.74) is 1.31. The van der Waals surface area contributed by atoms with E-state index in [1.807, 2.05) is 29.2 Å². The number of rotatable bonds is 10. The van der Waals surface area contributed by atoms with Crippen LogP contribution in [0.1, 0.15) is 50.3 Å². The lowest BCUT2D eigenvalue weighted by Gasteiger charge is -2.12. The maximum atomic E-state index is 13.0. The van der Waals surface area contributed by atoms with Crippen molar-refractivity contribution in [1.82, 2.24) is 9.62 Å². The summed E-state index contributed by atoms with van der Waals surface area (Å²) in [7, 11) is -2.36. The Balaban J connectivity index is 2.35. The molecule has 7 nitrogen and oxygen atoms in total. The second kappa shape index (κ2) is 11.1. The number of carbonyl (C=O) groups is 2. The minimum absolute atomic E-state index is 0.0428. The van der Waals surface area contributed by atoms with Gasteiger partial charge in [0.05, 0.1) is 13.2 Å². The summed E-state index contributed by atoms with van der Waals surface area (Å²) in [5.74, 6) is 0.315. The molecule has 0 aliphatic carbocycles. The quantitative estimate of drug-likeness (QED) is 0.484. The number of ether oxygens (including phenoxy) is 1. The summed E-state index contributed by atoms with van der Waals surface area (Å²) in [4.78, 5) is 27.0. The highest BCUT2D eigenvalue weighted by Gasteiger charge is 2.27. The van der Waals surface area contributed by atoms with Crippen LogP contribution in [0.5, 0.6) is 0 Å². The molecule has 0 fully saturated rings. The van der Waals surface area contributed by atoms with E-state index in [1.165, 1.54) is 29.6 Å². The Morgan fingerprint density at radius 1 is 1.23 bits per heavy atom. The van der Waals surface area contributed by atoms with Crippen molar-refractivity contribution in [3.05, 3.63) is 27.3 Å². The van der Waals surface area contributed by atoms with Gasteiger partial charge in [0.1, 0.15) is 4.21 Å². The summed E-state index contributed by atoms with van der Waals surface area (Å²) < 4.78 is 33.1.